The van der Waals surface area contributed by atoms with E-state index in [1.165, 1.54) is 6.92 Å². The topological polar surface area (TPSA) is 206 Å². The first-order chi connectivity index (χ1) is 12.0. The molecular formula is C15H30N6O5. The van der Waals surface area contributed by atoms with Gasteiger partial charge in [-0.2, -0.15) is 0 Å². The van der Waals surface area contributed by atoms with Crippen LogP contribution in [0.2, 0.25) is 0 Å². The fourth-order valence-electron chi connectivity index (χ4n) is 2.08. The van der Waals surface area contributed by atoms with E-state index < -0.39 is 42.0 Å². The molecular weight excluding hydrogens is 344 g/mol. The first kappa shape index (κ1) is 23.6. The van der Waals surface area contributed by atoms with Gasteiger partial charge in [0.2, 0.25) is 11.8 Å². The predicted octanol–water partition coefficient (Wildman–Crippen LogP) is -2.54. The molecule has 0 aliphatic rings. The van der Waals surface area contributed by atoms with Crippen LogP contribution < -0.4 is 27.8 Å². The average molecular weight is 374 g/mol. The van der Waals surface area contributed by atoms with Gasteiger partial charge in [-0.3, -0.25) is 14.6 Å². The predicted molar refractivity (Wildman–Crippen MR) is 95.9 cm³/mol. The number of hydrogen-bond acceptors (Lipinski definition) is 6. The highest BCUT2D eigenvalue weighted by molar-refractivity contribution is 5.92. The molecule has 0 aliphatic heterocycles. The van der Waals surface area contributed by atoms with Gasteiger partial charge in [0.1, 0.15) is 6.04 Å². The molecule has 0 rings (SSSR count). The summed E-state index contributed by atoms with van der Waals surface area (Å²) in [6.07, 6.45) is -0.507. The molecule has 0 aliphatic carbocycles. The van der Waals surface area contributed by atoms with Gasteiger partial charge in [-0.05, 0) is 25.7 Å². The molecule has 0 aromatic heterocycles. The van der Waals surface area contributed by atoms with Crippen molar-refractivity contribution in [3.8, 4) is 0 Å². The van der Waals surface area contributed by atoms with Crippen LogP contribution in [0.3, 0.4) is 0 Å². The van der Waals surface area contributed by atoms with Crippen LogP contribution in [0.5, 0.6) is 0 Å². The Morgan fingerprint density at radius 2 is 1.58 bits per heavy atom. The summed E-state index contributed by atoms with van der Waals surface area (Å²) in [4.78, 5) is 39.4. The Morgan fingerprint density at radius 1 is 1.04 bits per heavy atom. The van der Waals surface area contributed by atoms with Crippen LogP contribution in [0.4, 0.5) is 0 Å². The first-order valence-corrected chi connectivity index (χ1v) is 8.30. The van der Waals surface area contributed by atoms with Crippen molar-refractivity contribution in [2.45, 2.75) is 57.8 Å². The van der Waals surface area contributed by atoms with E-state index in [4.69, 9.17) is 22.3 Å². The summed E-state index contributed by atoms with van der Waals surface area (Å²) < 4.78 is 0. The number of carboxylic acids is 1. The van der Waals surface area contributed by atoms with Crippen LogP contribution >= 0.6 is 0 Å². The first-order valence-electron chi connectivity index (χ1n) is 8.30. The summed E-state index contributed by atoms with van der Waals surface area (Å²) >= 11 is 0. The molecule has 0 saturated heterocycles. The van der Waals surface area contributed by atoms with Crippen molar-refractivity contribution < 1.29 is 24.6 Å². The largest absolute Gasteiger partial charge is 0.480 e. The molecule has 11 nitrogen and oxygen atoms in total. The number of aliphatic carboxylic acids is 1. The second-order valence-electron chi connectivity index (χ2n) is 6.35. The quantitative estimate of drug-likeness (QED) is 0.116. The molecule has 150 valence electrons. The van der Waals surface area contributed by atoms with Crippen LogP contribution in [-0.2, 0) is 14.4 Å². The van der Waals surface area contributed by atoms with E-state index in [1.807, 2.05) is 0 Å². The number of guanidine groups is 1. The number of nitrogens with one attached hydrogen (secondary N) is 2. The third kappa shape index (κ3) is 8.62. The van der Waals surface area contributed by atoms with Crippen LogP contribution in [0.15, 0.2) is 4.99 Å². The van der Waals surface area contributed by atoms with E-state index in [-0.39, 0.29) is 11.9 Å². The number of aliphatic hydroxyl groups is 1. The van der Waals surface area contributed by atoms with Gasteiger partial charge >= 0.3 is 5.97 Å². The zero-order valence-corrected chi connectivity index (χ0v) is 15.3. The molecule has 0 heterocycles. The van der Waals surface area contributed by atoms with Crippen LogP contribution in [0.25, 0.3) is 0 Å². The maximum atomic E-state index is 12.3. The fraction of sp³-hybridized carbons (Fsp3) is 0.733. The molecule has 0 aromatic rings. The molecule has 4 unspecified atom stereocenters. The minimum absolute atomic E-state index is 0.0503. The van der Waals surface area contributed by atoms with Crippen molar-refractivity contribution in [1.82, 2.24) is 10.6 Å². The second-order valence-corrected chi connectivity index (χ2v) is 6.35. The molecule has 0 radical (unpaired) electrons. The number of rotatable bonds is 11. The van der Waals surface area contributed by atoms with E-state index in [2.05, 4.69) is 15.6 Å². The Kier molecular flexibility index (Phi) is 10.2. The molecule has 11 heteroatoms. The van der Waals surface area contributed by atoms with E-state index in [9.17, 15) is 19.5 Å². The van der Waals surface area contributed by atoms with E-state index >= 15 is 0 Å². The lowest BCUT2D eigenvalue weighted by Crippen LogP contribution is -2.58. The minimum atomic E-state index is -1.48. The summed E-state index contributed by atoms with van der Waals surface area (Å²) in [5.41, 5.74) is 16.2. The highest BCUT2D eigenvalue weighted by Crippen LogP contribution is 2.05. The summed E-state index contributed by atoms with van der Waals surface area (Å²) in [6.45, 7) is 4.94. The zero-order chi connectivity index (χ0) is 20.4. The molecule has 0 spiro atoms. The summed E-state index contributed by atoms with van der Waals surface area (Å²) in [5, 5.41) is 23.2. The lowest BCUT2D eigenvalue weighted by Gasteiger charge is -2.26. The number of carboxylic acid groups (broad SMARTS) is 1. The number of carbonyl (C=O) groups is 3. The second kappa shape index (κ2) is 11.3. The van der Waals surface area contributed by atoms with Crippen molar-refractivity contribution >= 4 is 23.7 Å². The Morgan fingerprint density at radius 3 is 2.00 bits per heavy atom. The van der Waals surface area contributed by atoms with Gasteiger partial charge in [0.05, 0.1) is 12.1 Å². The lowest BCUT2D eigenvalue weighted by molar-refractivity contribution is -0.145. The maximum absolute atomic E-state index is 12.3. The van der Waals surface area contributed by atoms with Crippen molar-refractivity contribution in [3.05, 3.63) is 0 Å². The van der Waals surface area contributed by atoms with Gasteiger partial charge in [0.15, 0.2) is 12.0 Å². The average Bonchev–Trinajstić information content (AvgIpc) is 2.52. The fourth-order valence-corrected chi connectivity index (χ4v) is 2.08. The standard InChI is InChI=1S/C15H30N6O5/c1-7(2)10(13(24)21-11(8(3)22)14(25)26)20-12(23)9(16)5-4-6-19-15(17)18/h7-11,22H,4-6,16H2,1-3H3,(H,20,23)(H,21,24)(H,25,26)(H4,17,18,19). The minimum Gasteiger partial charge on any atom is -0.480 e. The number of nitrogens with two attached hydrogens (primary N) is 3. The molecule has 0 fully saturated rings. The highest BCUT2D eigenvalue weighted by atomic mass is 16.4. The monoisotopic (exact) mass is 374 g/mol. The number of nitrogens with zero attached hydrogens (tertiary/aromatic N) is 1. The van der Waals surface area contributed by atoms with E-state index in [0.717, 1.165) is 0 Å². The molecule has 0 aromatic carbocycles. The smallest absolute Gasteiger partial charge is 0.328 e. The Hall–Kier alpha value is -2.40. The van der Waals surface area contributed by atoms with Gasteiger partial charge < -0.3 is 38.0 Å². The third-order valence-electron chi connectivity index (χ3n) is 3.60. The normalized spacial score (nSPS) is 15.5. The molecule has 4 atom stereocenters. The maximum Gasteiger partial charge on any atom is 0.328 e. The third-order valence-corrected chi connectivity index (χ3v) is 3.60. The van der Waals surface area contributed by atoms with Gasteiger partial charge in [-0.1, -0.05) is 13.8 Å². The van der Waals surface area contributed by atoms with E-state index in [0.29, 0.717) is 19.4 Å². The van der Waals surface area contributed by atoms with Crippen LogP contribution in [-0.4, -0.2) is 64.7 Å². The van der Waals surface area contributed by atoms with Crippen LogP contribution in [0.1, 0.15) is 33.6 Å². The summed E-state index contributed by atoms with van der Waals surface area (Å²) in [5.74, 6) is -3.01. The SMILES string of the molecule is CC(C)C(NC(=O)C(N)CCCN=C(N)N)C(=O)NC(C(=O)O)C(C)O. The van der Waals surface area contributed by atoms with Gasteiger partial charge in [0, 0.05) is 6.54 Å². The van der Waals surface area contributed by atoms with Crippen molar-refractivity contribution in [2.75, 3.05) is 6.54 Å². The van der Waals surface area contributed by atoms with Crippen molar-refractivity contribution in [1.29, 1.82) is 0 Å². The molecule has 26 heavy (non-hydrogen) atoms. The van der Waals surface area contributed by atoms with Gasteiger partial charge in [-0.15, -0.1) is 0 Å². The molecule has 10 N–H and O–H groups in total. The van der Waals surface area contributed by atoms with Gasteiger partial charge in [0.25, 0.3) is 0 Å². The Balaban J connectivity index is 4.79. The van der Waals surface area contributed by atoms with Gasteiger partial charge in [-0.25, -0.2) is 4.79 Å². The lowest BCUT2D eigenvalue weighted by atomic mass is 10.0. The number of aliphatic imine (C=N–C) groups is 1. The molecule has 0 bridgehead atoms. The number of amides is 2. The van der Waals surface area contributed by atoms with Crippen molar-refractivity contribution in [2.24, 2.45) is 28.1 Å². The zero-order valence-electron chi connectivity index (χ0n) is 15.3. The van der Waals surface area contributed by atoms with Crippen molar-refractivity contribution in [3.63, 3.8) is 0 Å². The molecule has 2 amide bonds. The summed E-state index contributed by atoms with van der Waals surface area (Å²) in [6, 6.07) is -3.34. The number of hydrogen-bond donors (Lipinski definition) is 7. The van der Waals surface area contributed by atoms with Crippen LogP contribution in [0, 0.1) is 5.92 Å². The Bertz CT molecular complexity index is 519. The highest BCUT2D eigenvalue weighted by Gasteiger charge is 2.31. The molecule has 0 saturated carbocycles. The van der Waals surface area contributed by atoms with E-state index in [1.54, 1.807) is 13.8 Å². The summed E-state index contributed by atoms with van der Waals surface area (Å²) in [7, 11) is 0. The number of carbonyl (C=O) groups excluding carboxylic acids is 2. The number of aliphatic hydroxyl groups excluding tert-OH is 1. The Labute approximate surface area is 152 Å².